The van der Waals surface area contributed by atoms with Crippen molar-refractivity contribution in [2.24, 2.45) is 0 Å². The van der Waals surface area contributed by atoms with Crippen molar-refractivity contribution < 1.29 is 19.1 Å². The van der Waals surface area contributed by atoms with Gasteiger partial charge in [0.1, 0.15) is 17.2 Å². The predicted octanol–water partition coefficient (Wildman–Crippen LogP) is 5.47. The number of hydrogen-bond acceptors (Lipinski definition) is 7. The summed E-state index contributed by atoms with van der Waals surface area (Å²) in [6.07, 6.45) is 0. The van der Waals surface area contributed by atoms with Crippen LogP contribution in [0.3, 0.4) is 0 Å². The lowest BCUT2D eigenvalue weighted by Crippen LogP contribution is -2.20. The van der Waals surface area contributed by atoms with Gasteiger partial charge in [-0.15, -0.1) is 5.10 Å². The number of rotatable bonds is 4. The fourth-order valence-electron chi connectivity index (χ4n) is 3.49. The Kier molecular flexibility index (Phi) is 6.44. The molecule has 0 N–H and O–H groups in total. The smallest absolute Gasteiger partial charge is 0.357 e. The van der Waals surface area contributed by atoms with Crippen LogP contribution in [0.2, 0.25) is 15.1 Å². The van der Waals surface area contributed by atoms with Crippen molar-refractivity contribution in [1.29, 1.82) is 5.26 Å². The zero-order valence-corrected chi connectivity index (χ0v) is 19.9. The van der Waals surface area contributed by atoms with Gasteiger partial charge in [-0.2, -0.15) is 5.26 Å². The number of methoxy groups -OCH3 is 2. The highest BCUT2D eigenvalue weighted by Crippen LogP contribution is 2.41. The molecule has 0 unspecified atom stereocenters. The fraction of sp³-hybridized carbons (Fsp3) is 0.0870. The summed E-state index contributed by atoms with van der Waals surface area (Å²) in [4.78, 5) is 30.4. The van der Waals surface area contributed by atoms with Crippen LogP contribution in [0, 0.1) is 11.3 Å². The zero-order valence-electron chi connectivity index (χ0n) is 17.6. The first-order chi connectivity index (χ1) is 16.3. The van der Waals surface area contributed by atoms with E-state index in [-0.39, 0.29) is 49.5 Å². The van der Waals surface area contributed by atoms with E-state index in [0.29, 0.717) is 10.6 Å². The minimum atomic E-state index is -0.923. The quantitative estimate of drug-likeness (QED) is 0.332. The van der Waals surface area contributed by atoms with Gasteiger partial charge in [0.05, 0.1) is 14.2 Å². The van der Waals surface area contributed by atoms with Crippen LogP contribution in [0.1, 0.15) is 26.4 Å². The van der Waals surface area contributed by atoms with Gasteiger partial charge in [0.15, 0.2) is 17.2 Å². The molecule has 0 spiro atoms. The van der Waals surface area contributed by atoms with E-state index in [1.807, 2.05) is 6.07 Å². The summed E-state index contributed by atoms with van der Waals surface area (Å²) in [6.45, 7) is 0. The molecule has 4 aromatic rings. The van der Waals surface area contributed by atoms with E-state index in [4.69, 9.17) is 44.3 Å². The predicted molar refractivity (Wildman–Crippen MR) is 126 cm³/mol. The summed E-state index contributed by atoms with van der Waals surface area (Å²) in [5, 5.41) is 15.3. The number of carbonyl (C=O) groups is 2. The summed E-state index contributed by atoms with van der Waals surface area (Å²) >= 11 is 18.8. The molecular weight excluding hydrogens is 503 g/mol. The number of hydrogen-bond donors (Lipinski definition) is 0. The molecule has 0 aliphatic heterocycles. The highest BCUT2D eigenvalue weighted by atomic mass is 35.5. The van der Waals surface area contributed by atoms with E-state index in [9.17, 15) is 14.9 Å². The van der Waals surface area contributed by atoms with Gasteiger partial charge < -0.3 is 9.47 Å². The van der Waals surface area contributed by atoms with Crippen LogP contribution in [0.5, 0.6) is 0 Å². The van der Waals surface area contributed by atoms with Crippen molar-refractivity contribution in [2.45, 2.75) is 0 Å². The summed E-state index contributed by atoms with van der Waals surface area (Å²) in [7, 11) is 2.28. The highest BCUT2D eigenvalue weighted by molar-refractivity contribution is 6.39. The van der Waals surface area contributed by atoms with Gasteiger partial charge in [0.25, 0.3) is 0 Å². The van der Waals surface area contributed by atoms with Gasteiger partial charge in [0, 0.05) is 31.8 Å². The monoisotopic (exact) mass is 514 g/mol. The standard InChI is InChI=1S/C23H13Cl3N4O4/c1-33-22(31)18-16(17-14(25)4-3-5-15(17)26)13(10-27)21-28-20(11-6-8-12(24)9-7-11)29-30(21)19(18)23(32)34-2/h3-9H,1-2H3. The summed E-state index contributed by atoms with van der Waals surface area (Å²) in [5.74, 6) is -1.66. The van der Waals surface area contributed by atoms with Gasteiger partial charge >= 0.3 is 11.9 Å². The molecule has 0 fully saturated rings. The van der Waals surface area contributed by atoms with Gasteiger partial charge in [-0.25, -0.2) is 19.1 Å². The molecule has 34 heavy (non-hydrogen) atoms. The first kappa shape index (κ1) is 23.5. The second-order valence-corrected chi connectivity index (χ2v) is 8.09. The molecule has 4 rings (SSSR count). The minimum absolute atomic E-state index is 0.00788. The molecular formula is C23H13Cl3N4O4. The number of pyridine rings is 1. The fourth-order valence-corrected chi connectivity index (χ4v) is 4.20. The molecule has 0 bridgehead atoms. The van der Waals surface area contributed by atoms with Gasteiger partial charge in [0.2, 0.25) is 0 Å². The number of carbonyl (C=O) groups excluding carboxylic acids is 2. The highest BCUT2D eigenvalue weighted by Gasteiger charge is 2.34. The number of aromatic nitrogens is 3. The molecule has 11 heteroatoms. The third kappa shape index (κ3) is 3.84. The first-order valence-corrected chi connectivity index (χ1v) is 10.7. The lowest BCUT2D eigenvalue weighted by atomic mass is 9.93. The lowest BCUT2D eigenvalue weighted by Gasteiger charge is -2.17. The summed E-state index contributed by atoms with van der Waals surface area (Å²) in [5.41, 5.74) is 0.00870. The van der Waals surface area contributed by atoms with Crippen molar-refractivity contribution in [3.05, 3.63) is 74.4 Å². The maximum atomic E-state index is 13.0. The molecule has 0 aliphatic carbocycles. The molecule has 0 aliphatic rings. The largest absolute Gasteiger partial charge is 0.465 e. The number of fused-ring (bicyclic) bond motifs is 1. The minimum Gasteiger partial charge on any atom is -0.465 e. The maximum Gasteiger partial charge on any atom is 0.357 e. The van der Waals surface area contributed by atoms with E-state index in [1.165, 1.54) is 12.1 Å². The van der Waals surface area contributed by atoms with Crippen molar-refractivity contribution >= 4 is 52.4 Å². The van der Waals surface area contributed by atoms with Crippen LogP contribution in [-0.2, 0) is 9.47 Å². The van der Waals surface area contributed by atoms with Crippen LogP contribution in [0.15, 0.2) is 42.5 Å². The summed E-state index contributed by atoms with van der Waals surface area (Å²) in [6, 6.07) is 13.4. The Morgan fingerprint density at radius 2 is 1.56 bits per heavy atom. The Bertz CT molecular complexity index is 1490. The second-order valence-electron chi connectivity index (χ2n) is 6.84. The van der Waals surface area contributed by atoms with Crippen LogP contribution < -0.4 is 0 Å². The molecule has 0 saturated heterocycles. The molecule has 2 aromatic carbocycles. The molecule has 0 saturated carbocycles. The summed E-state index contributed by atoms with van der Waals surface area (Å²) < 4.78 is 11.0. The average Bonchev–Trinajstić information content (AvgIpc) is 3.27. The Morgan fingerprint density at radius 3 is 2.12 bits per heavy atom. The Balaban J connectivity index is 2.24. The number of ether oxygens (including phenoxy) is 2. The molecule has 0 amide bonds. The molecule has 8 nitrogen and oxygen atoms in total. The van der Waals surface area contributed by atoms with Crippen LogP contribution in [0.25, 0.3) is 28.2 Å². The maximum absolute atomic E-state index is 13.0. The molecule has 0 radical (unpaired) electrons. The number of esters is 2. The molecule has 2 aromatic heterocycles. The molecule has 2 heterocycles. The number of nitriles is 1. The van der Waals surface area contributed by atoms with Gasteiger partial charge in [-0.05, 0) is 36.4 Å². The number of nitrogens with zero attached hydrogens (tertiary/aromatic N) is 4. The van der Waals surface area contributed by atoms with E-state index in [1.54, 1.807) is 30.3 Å². The average molecular weight is 516 g/mol. The lowest BCUT2D eigenvalue weighted by molar-refractivity contribution is 0.0547. The van der Waals surface area contributed by atoms with E-state index in [2.05, 4.69) is 10.1 Å². The van der Waals surface area contributed by atoms with Crippen LogP contribution in [0.4, 0.5) is 0 Å². The zero-order chi connectivity index (χ0) is 24.6. The Morgan fingerprint density at radius 1 is 0.941 bits per heavy atom. The SMILES string of the molecule is COC(=O)c1c(-c2c(Cl)cccc2Cl)c(C#N)c2nc(-c3ccc(Cl)cc3)nn2c1C(=O)OC. The van der Waals surface area contributed by atoms with Crippen molar-refractivity contribution in [1.82, 2.24) is 14.6 Å². The van der Waals surface area contributed by atoms with E-state index in [0.717, 1.165) is 18.7 Å². The second kappa shape index (κ2) is 9.31. The van der Waals surface area contributed by atoms with Crippen LogP contribution in [-0.4, -0.2) is 40.8 Å². The van der Waals surface area contributed by atoms with Crippen molar-refractivity contribution in [3.63, 3.8) is 0 Å². The van der Waals surface area contributed by atoms with Crippen LogP contribution >= 0.6 is 34.8 Å². The van der Waals surface area contributed by atoms with Crippen molar-refractivity contribution in [2.75, 3.05) is 14.2 Å². The Hall–Kier alpha value is -3.64. The third-order valence-electron chi connectivity index (χ3n) is 4.97. The molecule has 170 valence electrons. The third-order valence-corrected chi connectivity index (χ3v) is 5.86. The normalized spacial score (nSPS) is 10.7. The number of benzene rings is 2. The topological polar surface area (TPSA) is 107 Å². The van der Waals surface area contributed by atoms with Crippen molar-refractivity contribution in [3.8, 4) is 28.6 Å². The first-order valence-electron chi connectivity index (χ1n) is 9.56. The van der Waals surface area contributed by atoms with E-state index < -0.39 is 11.9 Å². The van der Waals surface area contributed by atoms with Gasteiger partial charge in [-0.3, -0.25) is 0 Å². The number of halogens is 3. The van der Waals surface area contributed by atoms with Gasteiger partial charge in [-0.1, -0.05) is 40.9 Å². The van der Waals surface area contributed by atoms with E-state index >= 15 is 0 Å². The Labute approximate surface area is 208 Å². The molecule has 0 atom stereocenters.